The van der Waals surface area contributed by atoms with E-state index in [9.17, 15) is 8.42 Å². The second kappa shape index (κ2) is 5.40. The third kappa shape index (κ3) is 2.46. The fourth-order valence-corrected chi connectivity index (χ4v) is 5.51. The molecule has 0 aliphatic carbocycles. The lowest BCUT2D eigenvalue weighted by molar-refractivity contribution is 0.397. The number of nitrogens with zero attached hydrogens (tertiary/aromatic N) is 3. The second-order valence-corrected chi connectivity index (χ2v) is 8.22. The monoisotopic (exact) mass is 329 g/mol. The Morgan fingerprint density at radius 2 is 2.25 bits per heavy atom. The predicted octanol–water partition coefficient (Wildman–Crippen LogP) is 2.72. The number of sulfonamides is 1. The minimum Gasteiger partial charge on any atom is -0.264 e. The van der Waals surface area contributed by atoms with E-state index >= 15 is 0 Å². The molecule has 2 aromatic rings. The van der Waals surface area contributed by atoms with Crippen LogP contribution < -0.4 is 0 Å². The summed E-state index contributed by atoms with van der Waals surface area (Å²) in [7, 11) is -3.54. The summed E-state index contributed by atoms with van der Waals surface area (Å²) < 4.78 is 27.2. The van der Waals surface area contributed by atoms with Crippen LogP contribution in [-0.4, -0.2) is 29.2 Å². The Morgan fingerprint density at radius 3 is 2.90 bits per heavy atom. The first kappa shape index (κ1) is 13.9. The average molecular weight is 330 g/mol. The zero-order valence-electron chi connectivity index (χ0n) is 10.4. The molecule has 0 saturated carbocycles. The third-order valence-electron chi connectivity index (χ3n) is 3.29. The van der Waals surface area contributed by atoms with Gasteiger partial charge in [-0.3, -0.25) is 4.98 Å². The summed E-state index contributed by atoms with van der Waals surface area (Å²) in [4.78, 5) is 7.89. The van der Waals surface area contributed by atoms with Crippen molar-refractivity contribution in [2.24, 2.45) is 0 Å². The predicted molar refractivity (Wildman–Crippen MR) is 77.2 cm³/mol. The number of halogens is 1. The summed E-state index contributed by atoms with van der Waals surface area (Å²) in [6.07, 6.45) is 6.36. The Kier molecular flexibility index (Phi) is 3.76. The molecule has 20 heavy (non-hydrogen) atoms. The molecule has 3 rings (SSSR count). The summed E-state index contributed by atoms with van der Waals surface area (Å²) in [6, 6.07) is 3.57. The molecular formula is C12H12ClN3O2S2. The average Bonchev–Trinajstić information content (AvgIpc) is 3.08. The summed E-state index contributed by atoms with van der Waals surface area (Å²) >= 11 is 6.73. The molecule has 5 nitrogen and oxygen atoms in total. The van der Waals surface area contributed by atoms with Crippen LogP contribution >= 0.6 is 22.9 Å². The van der Waals surface area contributed by atoms with E-state index in [4.69, 9.17) is 11.6 Å². The zero-order chi connectivity index (χ0) is 14.2. The molecule has 1 aliphatic heterocycles. The van der Waals surface area contributed by atoms with E-state index < -0.39 is 10.0 Å². The smallest absolute Gasteiger partial charge is 0.254 e. The van der Waals surface area contributed by atoms with Crippen LogP contribution in [0.1, 0.15) is 24.4 Å². The van der Waals surface area contributed by atoms with Gasteiger partial charge in [-0.2, -0.15) is 4.31 Å². The third-order valence-corrected chi connectivity index (χ3v) is 6.75. The van der Waals surface area contributed by atoms with Crippen molar-refractivity contribution in [3.8, 4) is 0 Å². The molecule has 106 valence electrons. The van der Waals surface area contributed by atoms with E-state index in [1.807, 2.05) is 12.1 Å². The summed E-state index contributed by atoms with van der Waals surface area (Å²) in [6.45, 7) is 0.511. The van der Waals surface area contributed by atoms with Gasteiger partial charge in [0.05, 0.1) is 12.2 Å². The van der Waals surface area contributed by atoms with Gasteiger partial charge in [0.2, 0.25) is 0 Å². The normalized spacial score (nSPS) is 20.4. The van der Waals surface area contributed by atoms with Crippen molar-refractivity contribution >= 4 is 33.0 Å². The second-order valence-electron chi connectivity index (χ2n) is 4.49. The maximum absolute atomic E-state index is 12.6. The highest BCUT2D eigenvalue weighted by molar-refractivity contribution is 7.91. The van der Waals surface area contributed by atoms with Crippen LogP contribution in [0.2, 0.25) is 4.47 Å². The van der Waals surface area contributed by atoms with E-state index in [-0.39, 0.29) is 14.7 Å². The van der Waals surface area contributed by atoms with Crippen LogP contribution in [0.15, 0.2) is 34.9 Å². The number of thiazole rings is 1. The molecule has 8 heteroatoms. The molecule has 0 bridgehead atoms. The molecule has 1 atom stereocenters. The summed E-state index contributed by atoms with van der Waals surface area (Å²) in [5.74, 6) is 0. The van der Waals surface area contributed by atoms with Crippen LogP contribution in [0, 0.1) is 0 Å². The molecular weight excluding hydrogens is 318 g/mol. The van der Waals surface area contributed by atoms with Crippen molar-refractivity contribution in [3.05, 3.63) is 40.8 Å². The highest BCUT2D eigenvalue weighted by Crippen LogP contribution is 2.37. The minimum atomic E-state index is -3.54. The van der Waals surface area contributed by atoms with Crippen molar-refractivity contribution < 1.29 is 8.42 Å². The van der Waals surface area contributed by atoms with Gasteiger partial charge < -0.3 is 0 Å². The molecule has 1 fully saturated rings. The lowest BCUT2D eigenvalue weighted by atomic mass is 10.1. The fraction of sp³-hybridized carbons (Fsp3) is 0.333. The van der Waals surface area contributed by atoms with Gasteiger partial charge in [-0.05, 0) is 24.5 Å². The highest BCUT2D eigenvalue weighted by Gasteiger charge is 2.37. The van der Waals surface area contributed by atoms with Gasteiger partial charge in [0, 0.05) is 18.9 Å². The first-order valence-electron chi connectivity index (χ1n) is 6.12. The quantitative estimate of drug-likeness (QED) is 0.868. The highest BCUT2D eigenvalue weighted by atomic mass is 35.5. The lowest BCUT2D eigenvalue weighted by Gasteiger charge is -2.23. The standard InChI is InChI=1S/C12H12ClN3O2S2/c13-12-15-8-11(19-12)20(17,18)16-6-2-4-10(16)9-3-1-5-14-7-9/h1,3,5,7-8,10H,2,4,6H2. The Bertz CT molecular complexity index is 703. The van der Waals surface area contributed by atoms with Crippen LogP contribution in [0.4, 0.5) is 0 Å². The molecule has 0 spiro atoms. The SMILES string of the molecule is O=S(=O)(c1cnc(Cl)s1)N1CCCC1c1cccnc1. The Hall–Kier alpha value is -1.02. The van der Waals surface area contributed by atoms with Crippen LogP contribution in [-0.2, 0) is 10.0 Å². The van der Waals surface area contributed by atoms with Crippen molar-refractivity contribution in [1.29, 1.82) is 0 Å². The number of aromatic nitrogens is 2. The van der Waals surface area contributed by atoms with Gasteiger partial charge in [-0.25, -0.2) is 13.4 Å². The lowest BCUT2D eigenvalue weighted by Crippen LogP contribution is -2.30. The van der Waals surface area contributed by atoms with Crippen molar-refractivity contribution in [2.45, 2.75) is 23.1 Å². The topological polar surface area (TPSA) is 63.2 Å². The Balaban J connectivity index is 1.97. The number of rotatable bonds is 3. The van der Waals surface area contributed by atoms with E-state index in [0.29, 0.717) is 6.54 Å². The number of hydrogen-bond acceptors (Lipinski definition) is 5. The Morgan fingerprint density at radius 1 is 1.40 bits per heavy atom. The Labute approximate surface area is 126 Å². The van der Waals surface area contributed by atoms with E-state index in [0.717, 1.165) is 29.7 Å². The molecule has 1 saturated heterocycles. The number of pyridine rings is 1. The maximum atomic E-state index is 12.6. The molecule has 0 radical (unpaired) electrons. The van der Waals surface area contributed by atoms with Crippen molar-refractivity contribution in [2.75, 3.05) is 6.54 Å². The van der Waals surface area contributed by atoms with Crippen LogP contribution in [0.25, 0.3) is 0 Å². The van der Waals surface area contributed by atoms with Crippen LogP contribution in [0.5, 0.6) is 0 Å². The largest absolute Gasteiger partial charge is 0.264 e. The van der Waals surface area contributed by atoms with E-state index in [2.05, 4.69) is 9.97 Å². The first-order chi connectivity index (χ1) is 9.59. The van der Waals surface area contributed by atoms with Gasteiger partial charge in [0.15, 0.2) is 8.68 Å². The summed E-state index contributed by atoms with van der Waals surface area (Å²) in [5, 5.41) is 0. The zero-order valence-corrected chi connectivity index (χ0v) is 12.8. The van der Waals surface area contributed by atoms with Crippen molar-refractivity contribution in [3.63, 3.8) is 0 Å². The van der Waals surface area contributed by atoms with Gasteiger partial charge in [0.1, 0.15) is 0 Å². The molecule has 0 amide bonds. The van der Waals surface area contributed by atoms with Crippen molar-refractivity contribution in [1.82, 2.24) is 14.3 Å². The van der Waals surface area contributed by atoms with Gasteiger partial charge in [-0.1, -0.05) is 29.0 Å². The maximum Gasteiger partial charge on any atom is 0.254 e. The summed E-state index contributed by atoms with van der Waals surface area (Å²) in [5.41, 5.74) is 0.921. The first-order valence-corrected chi connectivity index (χ1v) is 8.75. The van der Waals surface area contributed by atoms with Gasteiger partial charge >= 0.3 is 0 Å². The molecule has 0 N–H and O–H groups in total. The molecule has 0 aromatic carbocycles. The molecule has 3 heterocycles. The fourth-order valence-electron chi connectivity index (χ4n) is 2.41. The van der Waals surface area contributed by atoms with Gasteiger partial charge in [-0.15, -0.1) is 0 Å². The number of hydrogen-bond donors (Lipinski definition) is 0. The van der Waals surface area contributed by atoms with E-state index in [1.165, 1.54) is 10.5 Å². The molecule has 2 aromatic heterocycles. The minimum absolute atomic E-state index is 0.158. The van der Waals surface area contributed by atoms with E-state index in [1.54, 1.807) is 12.4 Å². The molecule has 1 unspecified atom stereocenters. The van der Waals surface area contributed by atoms with Gasteiger partial charge in [0.25, 0.3) is 10.0 Å². The van der Waals surface area contributed by atoms with Crippen LogP contribution in [0.3, 0.4) is 0 Å². The molecule has 1 aliphatic rings.